The molecule has 1 saturated carbocycles. The first kappa shape index (κ1) is 11.6. The van der Waals surface area contributed by atoms with Crippen molar-refractivity contribution in [2.45, 2.75) is 38.0 Å². The molecule has 1 fully saturated rings. The maximum atomic E-state index is 12.7. The van der Waals surface area contributed by atoms with Gasteiger partial charge in [0.05, 0.1) is 6.10 Å². The third-order valence-electron chi connectivity index (χ3n) is 3.36. The second-order valence-corrected chi connectivity index (χ2v) is 4.61. The quantitative estimate of drug-likeness (QED) is 0.849. The lowest BCUT2D eigenvalue weighted by molar-refractivity contribution is 0.0825. The van der Waals surface area contributed by atoms with E-state index >= 15 is 0 Å². The Bertz CT molecular complexity index is 338. The van der Waals surface area contributed by atoms with Gasteiger partial charge in [-0.1, -0.05) is 12.1 Å². The van der Waals surface area contributed by atoms with Gasteiger partial charge in [-0.3, -0.25) is 4.90 Å². The van der Waals surface area contributed by atoms with E-state index in [9.17, 15) is 9.50 Å². The average Bonchev–Trinajstić information content (AvgIpc) is 2.68. The van der Waals surface area contributed by atoms with Crippen LogP contribution in [0.3, 0.4) is 0 Å². The molecule has 0 aliphatic heterocycles. The van der Waals surface area contributed by atoms with Gasteiger partial charge in [-0.25, -0.2) is 4.39 Å². The summed E-state index contributed by atoms with van der Waals surface area (Å²) >= 11 is 0. The Morgan fingerprint density at radius 2 is 2.00 bits per heavy atom. The molecule has 0 aromatic heterocycles. The molecule has 3 heteroatoms. The maximum absolute atomic E-state index is 12.7. The molecule has 0 saturated heterocycles. The topological polar surface area (TPSA) is 23.5 Å². The number of halogens is 1. The Morgan fingerprint density at radius 1 is 1.31 bits per heavy atom. The second-order valence-electron chi connectivity index (χ2n) is 4.61. The van der Waals surface area contributed by atoms with Crippen molar-refractivity contribution < 1.29 is 9.50 Å². The SMILES string of the molecule is CN(Cc1ccc(F)cc1)[C@@H]1CCC[C@H]1O. The lowest BCUT2D eigenvalue weighted by Crippen LogP contribution is -2.36. The highest BCUT2D eigenvalue weighted by Crippen LogP contribution is 2.24. The fourth-order valence-corrected chi connectivity index (χ4v) is 2.43. The van der Waals surface area contributed by atoms with Crippen LogP contribution in [0.15, 0.2) is 24.3 Å². The fourth-order valence-electron chi connectivity index (χ4n) is 2.43. The van der Waals surface area contributed by atoms with E-state index in [-0.39, 0.29) is 18.0 Å². The molecule has 2 atom stereocenters. The van der Waals surface area contributed by atoms with Gasteiger partial charge in [0, 0.05) is 12.6 Å². The Kier molecular flexibility index (Phi) is 3.56. The van der Waals surface area contributed by atoms with Crippen LogP contribution in [0.5, 0.6) is 0 Å². The molecule has 2 rings (SSSR count). The number of hydrogen-bond donors (Lipinski definition) is 1. The monoisotopic (exact) mass is 223 g/mol. The van der Waals surface area contributed by atoms with Gasteiger partial charge in [0.25, 0.3) is 0 Å². The smallest absolute Gasteiger partial charge is 0.123 e. The molecule has 2 nitrogen and oxygen atoms in total. The van der Waals surface area contributed by atoms with Gasteiger partial charge >= 0.3 is 0 Å². The van der Waals surface area contributed by atoms with Gasteiger partial charge in [0.1, 0.15) is 5.82 Å². The van der Waals surface area contributed by atoms with E-state index in [1.807, 2.05) is 7.05 Å². The number of likely N-dealkylation sites (N-methyl/N-ethyl adjacent to an activating group) is 1. The van der Waals surface area contributed by atoms with Crippen LogP contribution in [-0.4, -0.2) is 29.2 Å². The first-order valence-electron chi connectivity index (χ1n) is 5.79. The zero-order valence-corrected chi connectivity index (χ0v) is 9.56. The Labute approximate surface area is 95.7 Å². The number of nitrogens with zero attached hydrogens (tertiary/aromatic N) is 1. The van der Waals surface area contributed by atoms with Crippen LogP contribution in [0.4, 0.5) is 4.39 Å². The molecule has 1 aliphatic rings. The van der Waals surface area contributed by atoms with Gasteiger partial charge in [0.15, 0.2) is 0 Å². The van der Waals surface area contributed by atoms with Crippen molar-refractivity contribution in [3.8, 4) is 0 Å². The minimum Gasteiger partial charge on any atom is -0.391 e. The predicted octanol–water partition coefficient (Wildman–Crippen LogP) is 2.17. The van der Waals surface area contributed by atoms with Gasteiger partial charge < -0.3 is 5.11 Å². The third kappa shape index (κ3) is 2.60. The summed E-state index contributed by atoms with van der Waals surface area (Å²) in [4.78, 5) is 2.16. The summed E-state index contributed by atoms with van der Waals surface area (Å²) in [5.74, 6) is -0.202. The number of benzene rings is 1. The van der Waals surface area contributed by atoms with E-state index in [0.29, 0.717) is 0 Å². The second kappa shape index (κ2) is 4.93. The number of hydrogen-bond acceptors (Lipinski definition) is 2. The van der Waals surface area contributed by atoms with Crippen molar-refractivity contribution in [3.05, 3.63) is 35.6 Å². The highest BCUT2D eigenvalue weighted by molar-refractivity contribution is 5.16. The number of rotatable bonds is 3. The summed E-state index contributed by atoms with van der Waals surface area (Å²) in [6, 6.07) is 6.81. The van der Waals surface area contributed by atoms with E-state index < -0.39 is 0 Å². The van der Waals surface area contributed by atoms with Crippen molar-refractivity contribution in [1.82, 2.24) is 4.90 Å². The molecule has 0 amide bonds. The van der Waals surface area contributed by atoms with Crippen LogP contribution in [0.1, 0.15) is 24.8 Å². The van der Waals surface area contributed by atoms with Crippen LogP contribution < -0.4 is 0 Å². The van der Waals surface area contributed by atoms with E-state index in [1.165, 1.54) is 12.1 Å². The molecule has 0 bridgehead atoms. The Hall–Kier alpha value is -0.930. The summed E-state index contributed by atoms with van der Waals surface area (Å²) in [6.45, 7) is 0.766. The molecule has 0 radical (unpaired) electrons. The van der Waals surface area contributed by atoms with Crippen molar-refractivity contribution >= 4 is 0 Å². The van der Waals surface area contributed by atoms with Gasteiger partial charge in [0.2, 0.25) is 0 Å². The molecule has 0 unspecified atom stereocenters. The van der Waals surface area contributed by atoms with Crippen LogP contribution in [-0.2, 0) is 6.54 Å². The van der Waals surface area contributed by atoms with Crippen LogP contribution >= 0.6 is 0 Å². The predicted molar refractivity (Wildman–Crippen MR) is 61.5 cm³/mol. The Balaban J connectivity index is 1.96. The summed E-state index contributed by atoms with van der Waals surface area (Å²) in [5.41, 5.74) is 1.09. The molecule has 16 heavy (non-hydrogen) atoms. The Morgan fingerprint density at radius 3 is 2.56 bits per heavy atom. The summed E-state index contributed by atoms with van der Waals surface area (Å²) < 4.78 is 12.7. The molecule has 1 N–H and O–H groups in total. The van der Waals surface area contributed by atoms with Crippen LogP contribution in [0.2, 0.25) is 0 Å². The molecule has 0 spiro atoms. The summed E-state index contributed by atoms with van der Waals surface area (Å²) in [6.07, 6.45) is 2.85. The van der Waals surface area contributed by atoms with E-state index in [2.05, 4.69) is 4.90 Å². The molecule has 0 heterocycles. The van der Waals surface area contributed by atoms with Crippen molar-refractivity contribution in [2.75, 3.05) is 7.05 Å². The van der Waals surface area contributed by atoms with Crippen molar-refractivity contribution in [3.63, 3.8) is 0 Å². The first-order chi connectivity index (χ1) is 7.66. The first-order valence-corrected chi connectivity index (χ1v) is 5.79. The summed E-state index contributed by atoms with van der Waals surface area (Å²) in [7, 11) is 2.02. The van der Waals surface area contributed by atoms with Gasteiger partial charge in [-0.05, 0) is 44.0 Å². The van der Waals surface area contributed by atoms with Gasteiger partial charge in [-0.15, -0.1) is 0 Å². The van der Waals surface area contributed by atoms with E-state index in [0.717, 1.165) is 31.4 Å². The zero-order valence-electron chi connectivity index (χ0n) is 9.56. The standard InChI is InChI=1S/C13H18FNO/c1-15(12-3-2-4-13(12)16)9-10-5-7-11(14)8-6-10/h5-8,12-13,16H,2-4,9H2,1H3/t12-,13-/m1/s1. The molecule has 1 aromatic carbocycles. The lowest BCUT2D eigenvalue weighted by Gasteiger charge is -2.26. The molecule has 1 aromatic rings. The number of aliphatic hydroxyl groups excluding tert-OH is 1. The summed E-state index contributed by atoms with van der Waals surface area (Å²) in [5, 5.41) is 9.78. The average molecular weight is 223 g/mol. The molecular weight excluding hydrogens is 205 g/mol. The van der Waals surface area contributed by atoms with Crippen molar-refractivity contribution in [2.24, 2.45) is 0 Å². The highest BCUT2D eigenvalue weighted by Gasteiger charge is 2.28. The normalized spacial score (nSPS) is 25.2. The fraction of sp³-hybridized carbons (Fsp3) is 0.538. The zero-order chi connectivity index (χ0) is 11.5. The minimum atomic E-state index is -0.203. The molecule has 88 valence electrons. The molecular formula is C13H18FNO. The lowest BCUT2D eigenvalue weighted by atomic mass is 10.1. The largest absolute Gasteiger partial charge is 0.391 e. The van der Waals surface area contributed by atoms with E-state index in [4.69, 9.17) is 0 Å². The van der Waals surface area contributed by atoms with Crippen LogP contribution in [0.25, 0.3) is 0 Å². The third-order valence-corrected chi connectivity index (χ3v) is 3.36. The maximum Gasteiger partial charge on any atom is 0.123 e. The van der Waals surface area contributed by atoms with Crippen molar-refractivity contribution in [1.29, 1.82) is 0 Å². The van der Waals surface area contributed by atoms with Crippen LogP contribution in [0, 0.1) is 5.82 Å². The van der Waals surface area contributed by atoms with E-state index in [1.54, 1.807) is 12.1 Å². The number of aliphatic hydroxyl groups is 1. The van der Waals surface area contributed by atoms with Gasteiger partial charge in [-0.2, -0.15) is 0 Å². The highest BCUT2D eigenvalue weighted by atomic mass is 19.1. The molecule has 1 aliphatic carbocycles. The minimum absolute atomic E-state index is 0.202.